The molecule has 0 atom stereocenters. The molecule has 0 spiro atoms. The number of nitrogens with two attached hydrogens (primary N) is 1. The minimum atomic E-state index is -0.513. The summed E-state index contributed by atoms with van der Waals surface area (Å²) in [7, 11) is 0. The molecule has 20 heavy (non-hydrogen) atoms. The van der Waals surface area contributed by atoms with Gasteiger partial charge in [-0.05, 0) is 18.2 Å². The Morgan fingerprint density at radius 2 is 2.15 bits per heavy atom. The van der Waals surface area contributed by atoms with Gasteiger partial charge in [-0.15, -0.1) is 0 Å². The highest BCUT2D eigenvalue weighted by Crippen LogP contribution is 2.20. The van der Waals surface area contributed by atoms with E-state index in [1.165, 1.54) is 22.7 Å². The van der Waals surface area contributed by atoms with Crippen LogP contribution in [0.5, 0.6) is 0 Å². The van der Waals surface area contributed by atoms with Gasteiger partial charge in [-0.3, -0.25) is 10.2 Å². The van der Waals surface area contributed by atoms with E-state index >= 15 is 0 Å². The zero-order valence-corrected chi connectivity index (χ0v) is 10.2. The van der Waals surface area contributed by atoms with Crippen molar-refractivity contribution in [3.8, 4) is 11.3 Å². The van der Waals surface area contributed by atoms with Crippen LogP contribution in [0.3, 0.4) is 0 Å². The molecule has 2 aromatic heterocycles. The van der Waals surface area contributed by atoms with Gasteiger partial charge in [0.1, 0.15) is 5.82 Å². The highest BCUT2D eigenvalue weighted by Gasteiger charge is 2.13. The summed E-state index contributed by atoms with van der Waals surface area (Å²) in [6.07, 6.45) is 1.57. The van der Waals surface area contributed by atoms with Crippen LogP contribution in [0.2, 0.25) is 0 Å². The number of amides is 1. The molecule has 100 valence electrons. The summed E-state index contributed by atoms with van der Waals surface area (Å²) in [5.74, 6) is 4.22. The lowest BCUT2D eigenvalue weighted by molar-refractivity contribution is 0.0948. The van der Waals surface area contributed by atoms with E-state index in [9.17, 15) is 9.18 Å². The minimum Gasteiger partial charge on any atom is -0.289 e. The van der Waals surface area contributed by atoms with Crippen molar-refractivity contribution in [2.75, 3.05) is 0 Å². The predicted octanol–water partition coefficient (Wildman–Crippen LogP) is 1.14. The number of aromatic nitrogens is 3. The Labute approximate surface area is 113 Å². The highest BCUT2D eigenvalue weighted by molar-refractivity contribution is 5.93. The van der Waals surface area contributed by atoms with Gasteiger partial charge in [0.15, 0.2) is 11.3 Å². The Balaban J connectivity index is 2.21. The fraction of sp³-hybridized carbons (Fsp3) is 0. The molecule has 0 unspecified atom stereocenters. The first-order valence-electron chi connectivity index (χ1n) is 5.81. The van der Waals surface area contributed by atoms with E-state index in [4.69, 9.17) is 5.84 Å². The topological polar surface area (TPSA) is 85.3 Å². The average Bonchev–Trinajstić information content (AvgIpc) is 2.90. The highest BCUT2D eigenvalue weighted by atomic mass is 19.1. The molecule has 0 fully saturated rings. The number of halogens is 1. The summed E-state index contributed by atoms with van der Waals surface area (Å²) in [5.41, 5.74) is 3.90. The Morgan fingerprint density at radius 3 is 2.90 bits per heavy atom. The maximum Gasteiger partial charge on any atom is 0.285 e. The number of hydrazine groups is 1. The zero-order valence-electron chi connectivity index (χ0n) is 10.2. The van der Waals surface area contributed by atoms with Gasteiger partial charge in [-0.25, -0.2) is 19.7 Å². The number of carbonyl (C=O) groups is 1. The van der Waals surface area contributed by atoms with Crippen LogP contribution in [-0.2, 0) is 0 Å². The molecule has 1 aromatic carbocycles. The van der Waals surface area contributed by atoms with Crippen molar-refractivity contribution in [3.63, 3.8) is 0 Å². The molecule has 3 N–H and O–H groups in total. The molecule has 0 bridgehead atoms. The van der Waals surface area contributed by atoms with Crippen LogP contribution in [0.4, 0.5) is 4.39 Å². The number of carbonyl (C=O) groups excluding carboxylic acids is 1. The van der Waals surface area contributed by atoms with Gasteiger partial charge in [0.2, 0.25) is 0 Å². The van der Waals surface area contributed by atoms with Crippen LogP contribution in [0, 0.1) is 5.82 Å². The maximum absolute atomic E-state index is 13.3. The lowest BCUT2D eigenvalue weighted by Crippen LogP contribution is -2.30. The first-order chi connectivity index (χ1) is 9.69. The third-order valence-electron chi connectivity index (χ3n) is 2.84. The number of nitrogens with one attached hydrogen (secondary N) is 1. The van der Waals surface area contributed by atoms with Gasteiger partial charge < -0.3 is 0 Å². The average molecular weight is 271 g/mol. The van der Waals surface area contributed by atoms with E-state index in [1.807, 2.05) is 5.43 Å². The van der Waals surface area contributed by atoms with Crippen molar-refractivity contribution >= 4 is 11.6 Å². The van der Waals surface area contributed by atoms with Gasteiger partial charge in [0.25, 0.3) is 5.91 Å². The first-order valence-corrected chi connectivity index (χ1v) is 5.81. The third-order valence-corrected chi connectivity index (χ3v) is 2.84. The van der Waals surface area contributed by atoms with E-state index < -0.39 is 5.91 Å². The number of hydrogen-bond donors (Lipinski definition) is 2. The van der Waals surface area contributed by atoms with E-state index in [1.54, 1.807) is 24.4 Å². The van der Waals surface area contributed by atoms with E-state index in [-0.39, 0.29) is 11.5 Å². The van der Waals surface area contributed by atoms with Crippen molar-refractivity contribution in [2.24, 2.45) is 5.84 Å². The maximum atomic E-state index is 13.3. The van der Waals surface area contributed by atoms with E-state index in [2.05, 4.69) is 10.1 Å². The molecular weight excluding hydrogens is 261 g/mol. The van der Waals surface area contributed by atoms with Crippen molar-refractivity contribution in [3.05, 3.63) is 54.1 Å². The summed E-state index contributed by atoms with van der Waals surface area (Å²) in [4.78, 5) is 15.6. The summed E-state index contributed by atoms with van der Waals surface area (Å²) in [6, 6.07) is 9.30. The lowest BCUT2D eigenvalue weighted by atomic mass is 10.1. The molecule has 6 nitrogen and oxygen atoms in total. The molecule has 3 aromatic rings. The summed E-state index contributed by atoms with van der Waals surface area (Å²) in [6.45, 7) is 0. The predicted molar refractivity (Wildman–Crippen MR) is 70.0 cm³/mol. The summed E-state index contributed by atoms with van der Waals surface area (Å²) in [5, 5.41) is 4.13. The van der Waals surface area contributed by atoms with Crippen LogP contribution in [-0.4, -0.2) is 20.5 Å². The quantitative estimate of drug-likeness (QED) is 0.416. The zero-order chi connectivity index (χ0) is 14.1. The van der Waals surface area contributed by atoms with Gasteiger partial charge >= 0.3 is 0 Å². The molecule has 7 heteroatoms. The van der Waals surface area contributed by atoms with Gasteiger partial charge in [-0.2, -0.15) is 5.10 Å². The number of benzene rings is 1. The lowest BCUT2D eigenvalue weighted by Gasteiger charge is -2.04. The number of nitrogen functional groups attached to an aromatic ring is 1. The minimum absolute atomic E-state index is 0.142. The summed E-state index contributed by atoms with van der Waals surface area (Å²) < 4.78 is 14.8. The molecule has 0 aliphatic rings. The molecule has 0 radical (unpaired) electrons. The number of fused-ring (bicyclic) bond motifs is 1. The van der Waals surface area contributed by atoms with Gasteiger partial charge in [0, 0.05) is 17.8 Å². The molecule has 0 aliphatic carbocycles. The van der Waals surface area contributed by atoms with Crippen LogP contribution in [0.25, 0.3) is 16.9 Å². The fourth-order valence-electron chi connectivity index (χ4n) is 1.95. The van der Waals surface area contributed by atoms with Crippen LogP contribution in [0.1, 0.15) is 10.5 Å². The molecule has 3 rings (SSSR count). The Bertz CT molecular complexity index is 798. The molecule has 1 amide bonds. The van der Waals surface area contributed by atoms with E-state index in [0.717, 1.165) is 0 Å². The molecule has 2 heterocycles. The van der Waals surface area contributed by atoms with E-state index in [0.29, 0.717) is 16.9 Å². The standard InChI is InChI=1S/C13H10FN5O/c14-9-3-1-2-8(6-9)11-4-5-16-12-7-10(13(20)17-15)18-19(11)12/h1-7H,15H2,(H,17,20). The largest absolute Gasteiger partial charge is 0.289 e. The SMILES string of the molecule is NNC(=O)c1cc2nccc(-c3cccc(F)c3)n2n1. The fourth-order valence-corrected chi connectivity index (χ4v) is 1.95. The molecule has 0 saturated carbocycles. The smallest absolute Gasteiger partial charge is 0.285 e. The third kappa shape index (κ3) is 1.99. The summed E-state index contributed by atoms with van der Waals surface area (Å²) >= 11 is 0. The second-order valence-corrected chi connectivity index (χ2v) is 4.11. The Hall–Kier alpha value is -2.80. The first kappa shape index (κ1) is 12.2. The van der Waals surface area contributed by atoms with Crippen molar-refractivity contribution in [1.29, 1.82) is 0 Å². The van der Waals surface area contributed by atoms with Gasteiger partial charge in [0.05, 0.1) is 5.69 Å². The number of nitrogens with zero attached hydrogens (tertiary/aromatic N) is 3. The van der Waals surface area contributed by atoms with Gasteiger partial charge in [-0.1, -0.05) is 12.1 Å². The van der Waals surface area contributed by atoms with Crippen LogP contribution >= 0.6 is 0 Å². The van der Waals surface area contributed by atoms with Crippen LogP contribution < -0.4 is 11.3 Å². The monoisotopic (exact) mass is 271 g/mol. The second kappa shape index (κ2) is 4.71. The van der Waals surface area contributed by atoms with Crippen molar-refractivity contribution in [1.82, 2.24) is 20.0 Å². The second-order valence-electron chi connectivity index (χ2n) is 4.11. The number of rotatable bonds is 2. The number of hydrogen-bond acceptors (Lipinski definition) is 4. The molecular formula is C13H10FN5O. The Kier molecular flexibility index (Phi) is 2.88. The van der Waals surface area contributed by atoms with Crippen molar-refractivity contribution < 1.29 is 9.18 Å². The Morgan fingerprint density at radius 1 is 1.30 bits per heavy atom. The molecule has 0 saturated heterocycles. The normalized spacial score (nSPS) is 10.7. The van der Waals surface area contributed by atoms with Crippen molar-refractivity contribution in [2.45, 2.75) is 0 Å². The van der Waals surface area contributed by atoms with Crippen LogP contribution in [0.15, 0.2) is 42.6 Å². The molecule has 0 aliphatic heterocycles.